The van der Waals surface area contributed by atoms with E-state index in [2.05, 4.69) is 16.0 Å². The van der Waals surface area contributed by atoms with Crippen LogP contribution in [0.4, 0.5) is 11.4 Å². The quantitative estimate of drug-likeness (QED) is 0.452. The Morgan fingerprint density at radius 2 is 1.62 bits per heavy atom. The van der Waals surface area contributed by atoms with Crippen molar-refractivity contribution in [3.63, 3.8) is 0 Å². The Kier molecular flexibility index (Phi) is 8.09. The molecule has 0 bridgehead atoms. The first kappa shape index (κ1) is 22.7. The van der Waals surface area contributed by atoms with Gasteiger partial charge in [0.15, 0.2) is 18.1 Å². The van der Waals surface area contributed by atoms with E-state index in [0.29, 0.717) is 30.2 Å². The van der Waals surface area contributed by atoms with Crippen LogP contribution < -0.4 is 25.4 Å². The summed E-state index contributed by atoms with van der Waals surface area (Å²) in [5, 5.41) is 8.89. The molecule has 0 aromatic heterocycles. The second-order valence-electron chi connectivity index (χ2n) is 6.95. The molecule has 3 N–H and O–H groups in total. The number of rotatable bonds is 10. The van der Waals surface area contributed by atoms with Crippen molar-refractivity contribution in [1.29, 1.82) is 0 Å². The van der Waals surface area contributed by atoms with E-state index in [9.17, 15) is 9.59 Å². The summed E-state index contributed by atoms with van der Waals surface area (Å²) in [6, 6.07) is 22.4. The number of amides is 2. The molecule has 0 saturated carbocycles. The third kappa shape index (κ3) is 6.25. The monoisotopic (exact) mass is 433 g/mol. The van der Waals surface area contributed by atoms with Gasteiger partial charge in [-0.15, -0.1) is 0 Å². The molecule has 166 valence electrons. The zero-order valence-corrected chi connectivity index (χ0v) is 18.2. The van der Waals surface area contributed by atoms with Crippen molar-refractivity contribution in [2.45, 2.75) is 13.5 Å². The molecule has 0 fully saturated rings. The van der Waals surface area contributed by atoms with Gasteiger partial charge in [-0.05, 0) is 48.9 Å². The Labute approximate surface area is 187 Å². The molecule has 0 radical (unpaired) electrons. The van der Waals surface area contributed by atoms with E-state index < -0.39 is 0 Å². The SMILES string of the molecule is CCNC(=O)COc1ccc(CNC(=O)c2ccccc2Nc2ccccc2)cc1OC. The highest BCUT2D eigenvalue weighted by Gasteiger charge is 2.12. The number of hydrogen-bond donors (Lipinski definition) is 3. The summed E-state index contributed by atoms with van der Waals surface area (Å²) in [5.74, 6) is 0.562. The van der Waals surface area contributed by atoms with Crippen molar-refractivity contribution in [3.05, 3.63) is 83.9 Å². The number of hydrogen-bond acceptors (Lipinski definition) is 5. The molecule has 0 spiro atoms. The molecule has 7 heteroatoms. The highest BCUT2D eigenvalue weighted by Crippen LogP contribution is 2.28. The number of benzene rings is 3. The normalized spacial score (nSPS) is 10.2. The summed E-state index contributed by atoms with van der Waals surface area (Å²) in [7, 11) is 1.53. The minimum Gasteiger partial charge on any atom is -0.493 e. The van der Waals surface area contributed by atoms with Gasteiger partial charge in [-0.1, -0.05) is 36.4 Å². The first-order chi connectivity index (χ1) is 15.6. The summed E-state index contributed by atoms with van der Waals surface area (Å²) in [5.41, 5.74) is 3.02. The first-order valence-electron chi connectivity index (χ1n) is 10.4. The molecule has 3 aromatic rings. The molecular formula is C25H27N3O4. The van der Waals surface area contributed by atoms with Crippen molar-refractivity contribution in [3.8, 4) is 11.5 Å². The van der Waals surface area contributed by atoms with E-state index in [1.54, 1.807) is 18.2 Å². The Bertz CT molecular complexity index is 1050. The fourth-order valence-corrected chi connectivity index (χ4v) is 3.08. The average Bonchev–Trinajstić information content (AvgIpc) is 2.82. The molecule has 0 atom stereocenters. The van der Waals surface area contributed by atoms with Gasteiger partial charge in [0, 0.05) is 18.8 Å². The number of ether oxygens (including phenoxy) is 2. The first-order valence-corrected chi connectivity index (χ1v) is 10.4. The summed E-state index contributed by atoms with van der Waals surface area (Å²) in [6.07, 6.45) is 0. The lowest BCUT2D eigenvalue weighted by Gasteiger charge is -2.14. The maximum Gasteiger partial charge on any atom is 0.257 e. The van der Waals surface area contributed by atoms with Gasteiger partial charge in [-0.3, -0.25) is 9.59 Å². The third-order valence-corrected chi connectivity index (χ3v) is 4.64. The summed E-state index contributed by atoms with van der Waals surface area (Å²) >= 11 is 0. The zero-order valence-electron chi connectivity index (χ0n) is 18.2. The smallest absolute Gasteiger partial charge is 0.257 e. The predicted molar refractivity (Wildman–Crippen MR) is 125 cm³/mol. The van der Waals surface area contributed by atoms with Crippen LogP contribution in [-0.2, 0) is 11.3 Å². The second-order valence-corrected chi connectivity index (χ2v) is 6.95. The molecule has 32 heavy (non-hydrogen) atoms. The lowest BCUT2D eigenvalue weighted by molar-refractivity contribution is -0.123. The largest absolute Gasteiger partial charge is 0.493 e. The Hall–Kier alpha value is -4.00. The molecule has 0 heterocycles. The van der Waals surface area contributed by atoms with E-state index in [0.717, 1.165) is 16.9 Å². The predicted octanol–water partition coefficient (Wildman–Crippen LogP) is 3.88. The number of nitrogens with one attached hydrogen (secondary N) is 3. The number of anilines is 2. The zero-order chi connectivity index (χ0) is 22.8. The minimum absolute atomic E-state index is 0.0918. The van der Waals surface area contributed by atoms with Gasteiger partial charge >= 0.3 is 0 Å². The Balaban J connectivity index is 1.64. The summed E-state index contributed by atoms with van der Waals surface area (Å²) in [4.78, 5) is 24.4. The van der Waals surface area contributed by atoms with Crippen LogP contribution in [0.3, 0.4) is 0 Å². The maximum absolute atomic E-state index is 12.8. The molecule has 0 saturated heterocycles. The van der Waals surface area contributed by atoms with E-state index in [1.807, 2.05) is 61.5 Å². The van der Waals surface area contributed by atoms with Gasteiger partial charge in [0.2, 0.25) is 0 Å². The minimum atomic E-state index is -0.200. The van der Waals surface area contributed by atoms with Crippen LogP contribution >= 0.6 is 0 Å². The highest BCUT2D eigenvalue weighted by atomic mass is 16.5. The van der Waals surface area contributed by atoms with Crippen molar-refractivity contribution in [1.82, 2.24) is 10.6 Å². The van der Waals surface area contributed by atoms with Gasteiger partial charge < -0.3 is 25.4 Å². The topological polar surface area (TPSA) is 88.7 Å². The molecule has 0 aliphatic heterocycles. The van der Waals surface area contributed by atoms with Crippen LogP contribution in [-0.4, -0.2) is 32.1 Å². The van der Waals surface area contributed by atoms with Gasteiger partial charge in [0.25, 0.3) is 11.8 Å². The van der Waals surface area contributed by atoms with Crippen molar-refractivity contribution in [2.24, 2.45) is 0 Å². The summed E-state index contributed by atoms with van der Waals surface area (Å²) < 4.78 is 10.9. The molecule has 3 rings (SSSR count). The lowest BCUT2D eigenvalue weighted by atomic mass is 10.1. The van der Waals surface area contributed by atoms with E-state index in [1.165, 1.54) is 7.11 Å². The van der Waals surface area contributed by atoms with Gasteiger partial charge in [-0.25, -0.2) is 0 Å². The van der Waals surface area contributed by atoms with Crippen LogP contribution in [0.15, 0.2) is 72.8 Å². The molecular weight excluding hydrogens is 406 g/mol. The lowest BCUT2D eigenvalue weighted by Crippen LogP contribution is -2.28. The van der Waals surface area contributed by atoms with Crippen molar-refractivity contribution < 1.29 is 19.1 Å². The van der Waals surface area contributed by atoms with Gasteiger partial charge in [0.1, 0.15) is 0 Å². The van der Waals surface area contributed by atoms with Crippen LogP contribution in [0.1, 0.15) is 22.8 Å². The number of para-hydroxylation sites is 2. The maximum atomic E-state index is 12.8. The third-order valence-electron chi connectivity index (χ3n) is 4.64. The molecule has 7 nitrogen and oxygen atoms in total. The van der Waals surface area contributed by atoms with E-state index >= 15 is 0 Å². The second kappa shape index (κ2) is 11.4. The molecule has 0 unspecified atom stereocenters. The molecule has 3 aromatic carbocycles. The Morgan fingerprint density at radius 1 is 0.875 bits per heavy atom. The number of likely N-dealkylation sites (N-methyl/N-ethyl adjacent to an activating group) is 1. The Morgan fingerprint density at radius 3 is 2.38 bits per heavy atom. The number of carbonyl (C=O) groups is 2. The number of carbonyl (C=O) groups excluding carboxylic acids is 2. The van der Waals surface area contributed by atoms with Crippen LogP contribution in [0.2, 0.25) is 0 Å². The van der Waals surface area contributed by atoms with Crippen LogP contribution in [0, 0.1) is 0 Å². The fraction of sp³-hybridized carbons (Fsp3) is 0.200. The average molecular weight is 434 g/mol. The molecule has 0 aliphatic rings. The van der Waals surface area contributed by atoms with Gasteiger partial charge in [-0.2, -0.15) is 0 Å². The molecule has 0 aliphatic carbocycles. The number of methoxy groups -OCH3 is 1. The van der Waals surface area contributed by atoms with Crippen molar-refractivity contribution >= 4 is 23.2 Å². The molecule has 2 amide bonds. The van der Waals surface area contributed by atoms with Crippen LogP contribution in [0.5, 0.6) is 11.5 Å². The highest BCUT2D eigenvalue weighted by molar-refractivity contribution is 6.00. The van der Waals surface area contributed by atoms with Crippen LogP contribution in [0.25, 0.3) is 0 Å². The fourth-order valence-electron chi connectivity index (χ4n) is 3.08. The standard InChI is InChI=1S/C25H27N3O4/c1-3-26-24(29)17-32-22-14-13-18(15-23(22)31-2)16-27-25(30)20-11-7-8-12-21(20)28-19-9-5-4-6-10-19/h4-15,28H,3,16-17H2,1-2H3,(H,26,29)(H,27,30). The van der Waals surface area contributed by atoms with E-state index in [4.69, 9.17) is 9.47 Å². The summed E-state index contributed by atoms with van der Waals surface area (Å²) in [6.45, 7) is 2.61. The van der Waals surface area contributed by atoms with E-state index in [-0.39, 0.29) is 18.4 Å². The van der Waals surface area contributed by atoms with Crippen molar-refractivity contribution in [2.75, 3.05) is 25.6 Å². The van der Waals surface area contributed by atoms with Gasteiger partial charge in [0.05, 0.1) is 18.4 Å².